The number of hydrogen-bond donors (Lipinski definition) is 0. The van der Waals surface area contributed by atoms with Crippen molar-refractivity contribution in [2.24, 2.45) is 0 Å². The van der Waals surface area contributed by atoms with E-state index in [1.165, 1.54) is 83.5 Å². The summed E-state index contributed by atoms with van der Waals surface area (Å²) in [5.74, 6) is -0.920. The van der Waals surface area contributed by atoms with Crippen LogP contribution in [0.25, 0.3) is 0 Å². The first-order chi connectivity index (χ1) is 36.5. The summed E-state index contributed by atoms with van der Waals surface area (Å²) in [5.41, 5.74) is 0. The number of carbonyl (C=O) groups excluding carboxylic acids is 3. The highest BCUT2D eigenvalue weighted by Gasteiger charge is 2.19. The molecule has 0 aliphatic carbocycles. The molecule has 0 radical (unpaired) electrons. The Balaban J connectivity index is 4.42. The summed E-state index contributed by atoms with van der Waals surface area (Å²) in [4.78, 5) is 38.3. The van der Waals surface area contributed by atoms with E-state index in [0.29, 0.717) is 19.3 Å². The summed E-state index contributed by atoms with van der Waals surface area (Å²) in [6.07, 6.45) is 84.7. The molecular weight excluding hydrogens is 913 g/mol. The zero-order valence-electron chi connectivity index (χ0n) is 48.1. The molecule has 6 heteroatoms. The van der Waals surface area contributed by atoms with Crippen molar-refractivity contribution in [3.05, 3.63) is 122 Å². The summed E-state index contributed by atoms with van der Waals surface area (Å²) in [5, 5.41) is 0. The highest BCUT2D eigenvalue weighted by molar-refractivity contribution is 5.71. The van der Waals surface area contributed by atoms with Crippen LogP contribution in [0.4, 0.5) is 0 Å². The second-order valence-electron chi connectivity index (χ2n) is 19.8. The molecule has 0 N–H and O–H groups in total. The SMILES string of the molecule is CC/C=C\C/C=C\C/C=C\C/C=C\CCCCCCCCCCC(=O)OCC(COC(=O)CCCCCCC/C=C\C/C=C\CCCC)OC(=O)CCCCCCCCCC/C=C\C/C=C\C/C=C\C/C=C\CC. The lowest BCUT2D eigenvalue weighted by Crippen LogP contribution is -2.30. The molecule has 0 aromatic carbocycles. The molecule has 0 bridgehead atoms. The average molecular weight is 1030 g/mol. The quantitative estimate of drug-likeness (QED) is 0.0261. The summed E-state index contributed by atoms with van der Waals surface area (Å²) in [6, 6.07) is 0. The molecule has 420 valence electrons. The zero-order chi connectivity index (χ0) is 53.6. The van der Waals surface area contributed by atoms with Crippen LogP contribution in [-0.2, 0) is 28.6 Å². The van der Waals surface area contributed by atoms with Gasteiger partial charge in [-0.3, -0.25) is 14.4 Å². The number of unbranched alkanes of at least 4 members (excludes halogenated alkanes) is 23. The van der Waals surface area contributed by atoms with Crippen LogP contribution in [0.1, 0.15) is 271 Å². The van der Waals surface area contributed by atoms with Gasteiger partial charge in [-0.1, -0.05) is 251 Å². The summed E-state index contributed by atoms with van der Waals surface area (Å²) in [6.45, 7) is 6.36. The van der Waals surface area contributed by atoms with Gasteiger partial charge in [0.1, 0.15) is 13.2 Å². The van der Waals surface area contributed by atoms with E-state index >= 15 is 0 Å². The third kappa shape index (κ3) is 58.7. The fourth-order valence-electron chi connectivity index (χ4n) is 8.15. The van der Waals surface area contributed by atoms with Crippen LogP contribution >= 0.6 is 0 Å². The molecule has 0 rings (SSSR count). The molecule has 0 saturated heterocycles. The Kier molecular flexibility index (Phi) is 57.9. The first-order valence-electron chi connectivity index (χ1n) is 30.5. The van der Waals surface area contributed by atoms with Gasteiger partial charge in [0.15, 0.2) is 6.10 Å². The Morgan fingerprint density at radius 1 is 0.284 bits per heavy atom. The number of rotatable bonds is 54. The van der Waals surface area contributed by atoms with Gasteiger partial charge < -0.3 is 14.2 Å². The molecule has 0 aliphatic rings. The number of allylic oxidation sites excluding steroid dienone is 20. The van der Waals surface area contributed by atoms with Crippen molar-refractivity contribution in [3.8, 4) is 0 Å². The van der Waals surface area contributed by atoms with Crippen LogP contribution in [0, 0.1) is 0 Å². The van der Waals surface area contributed by atoms with E-state index in [9.17, 15) is 14.4 Å². The molecular formula is C68H112O6. The van der Waals surface area contributed by atoms with Gasteiger partial charge in [-0.05, 0) is 122 Å². The smallest absolute Gasteiger partial charge is 0.306 e. The van der Waals surface area contributed by atoms with Gasteiger partial charge in [-0.15, -0.1) is 0 Å². The molecule has 74 heavy (non-hydrogen) atoms. The molecule has 0 saturated carbocycles. The maximum Gasteiger partial charge on any atom is 0.306 e. The lowest BCUT2D eigenvalue weighted by molar-refractivity contribution is -0.167. The topological polar surface area (TPSA) is 78.9 Å². The molecule has 0 amide bonds. The van der Waals surface area contributed by atoms with E-state index in [0.717, 1.165) is 148 Å². The van der Waals surface area contributed by atoms with Crippen molar-refractivity contribution in [1.82, 2.24) is 0 Å². The van der Waals surface area contributed by atoms with Gasteiger partial charge in [0.2, 0.25) is 0 Å². The minimum absolute atomic E-state index is 0.0926. The Morgan fingerprint density at radius 2 is 0.527 bits per heavy atom. The number of carbonyl (C=O) groups is 3. The van der Waals surface area contributed by atoms with E-state index in [2.05, 4.69) is 142 Å². The van der Waals surface area contributed by atoms with Crippen LogP contribution in [0.2, 0.25) is 0 Å². The predicted molar refractivity (Wildman–Crippen MR) is 320 cm³/mol. The van der Waals surface area contributed by atoms with Crippen molar-refractivity contribution in [1.29, 1.82) is 0 Å². The van der Waals surface area contributed by atoms with Crippen LogP contribution < -0.4 is 0 Å². The van der Waals surface area contributed by atoms with Crippen molar-refractivity contribution in [3.63, 3.8) is 0 Å². The van der Waals surface area contributed by atoms with Crippen molar-refractivity contribution >= 4 is 17.9 Å². The second-order valence-corrected chi connectivity index (χ2v) is 19.8. The second kappa shape index (κ2) is 61.4. The van der Waals surface area contributed by atoms with Gasteiger partial charge >= 0.3 is 17.9 Å². The lowest BCUT2D eigenvalue weighted by atomic mass is 10.1. The summed E-state index contributed by atoms with van der Waals surface area (Å²) in [7, 11) is 0. The largest absolute Gasteiger partial charge is 0.462 e. The summed E-state index contributed by atoms with van der Waals surface area (Å²) >= 11 is 0. The molecule has 0 aromatic heterocycles. The monoisotopic (exact) mass is 1020 g/mol. The maximum atomic E-state index is 12.9. The normalized spacial score (nSPS) is 13.0. The number of esters is 3. The van der Waals surface area contributed by atoms with E-state index in [4.69, 9.17) is 14.2 Å². The Labute approximate surface area is 456 Å². The Morgan fingerprint density at radius 3 is 0.824 bits per heavy atom. The Bertz CT molecular complexity index is 1550. The van der Waals surface area contributed by atoms with Gasteiger partial charge in [0.05, 0.1) is 0 Å². The minimum atomic E-state index is -0.796. The van der Waals surface area contributed by atoms with Gasteiger partial charge in [-0.2, -0.15) is 0 Å². The first-order valence-corrected chi connectivity index (χ1v) is 30.5. The van der Waals surface area contributed by atoms with E-state index in [1.54, 1.807) is 0 Å². The van der Waals surface area contributed by atoms with Crippen LogP contribution in [0.15, 0.2) is 122 Å². The zero-order valence-corrected chi connectivity index (χ0v) is 48.1. The molecule has 1 atom stereocenters. The highest BCUT2D eigenvalue weighted by Crippen LogP contribution is 2.15. The van der Waals surface area contributed by atoms with Crippen molar-refractivity contribution < 1.29 is 28.6 Å². The third-order valence-electron chi connectivity index (χ3n) is 12.7. The van der Waals surface area contributed by atoms with E-state index in [-0.39, 0.29) is 31.1 Å². The first kappa shape index (κ1) is 69.8. The third-order valence-corrected chi connectivity index (χ3v) is 12.7. The van der Waals surface area contributed by atoms with E-state index < -0.39 is 6.10 Å². The Hall–Kier alpha value is -4.19. The number of ether oxygens (including phenoxy) is 3. The molecule has 0 aliphatic heterocycles. The van der Waals surface area contributed by atoms with Gasteiger partial charge in [0.25, 0.3) is 0 Å². The lowest BCUT2D eigenvalue weighted by Gasteiger charge is -2.18. The highest BCUT2D eigenvalue weighted by atomic mass is 16.6. The van der Waals surface area contributed by atoms with Crippen LogP contribution in [-0.4, -0.2) is 37.2 Å². The minimum Gasteiger partial charge on any atom is -0.462 e. The molecule has 1 unspecified atom stereocenters. The summed E-state index contributed by atoms with van der Waals surface area (Å²) < 4.78 is 16.9. The average Bonchev–Trinajstić information content (AvgIpc) is 3.40. The van der Waals surface area contributed by atoms with E-state index in [1.807, 2.05) is 0 Å². The maximum absolute atomic E-state index is 12.9. The predicted octanol–water partition coefficient (Wildman–Crippen LogP) is 20.8. The molecule has 0 aromatic rings. The van der Waals surface area contributed by atoms with Gasteiger partial charge in [0, 0.05) is 19.3 Å². The van der Waals surface area contributed by atoms with Crippen molar-refractivity contribution in [2.45, 2.75) is 277 Å². The number of hydrogen-bond acceptors (Lipinski definition) is 6. The van der Waals surface area contributed by atoms with Gasteiger partial charge in [-0.25, -0.2) is 0 Å². The fraction of sp³-hybridized carbons (Fsp3) is 0.662. The molecule has 0 heterocycles. The van der Waals surface area contributed by atoms with Crippen LogP contribution in [0.5, 0.6) is 0 Å². The fourth-order valence-corrected chi connectivity index (χ4v) is 8.15. The molecule has 0 spiro atoms. The van der Waals surface area contributed by atoms with Crippen molar-refractivity contribution in [2.75, 3.05) is 13.2 Å². The standard InChI is InChI=1S/C68H112O6/c1-4-7-10-13-16-19-22-25-28-30-32-34-36-38-40-43-46-49-52-55-58-61-67(70)73-64-65(63-72-66(69)60-57-54-51-48-45-42-27-24-21-18-15-12-9-6-3)74-68(71)62-59-56-53-50-47-44-41-39-37-35-33-31-29-26-23-20-17-14-11-8-5-2/h7-8,10-11,15-20,24-29,32-35,65H,4-6,9,12-14,21-23,30-31,36-64H2,1-3H3/b10-7-,11-8-,18-15-,19-16-,20-17-,27-24-,28-25-,29-26-,34-32-,35-33-. The molecule has 0 fully saturated rings. The van der Waals surface area contributed by atoms with Crippen LogP contribution in [0.3, 0.4) is 0 Å². The molecule has 6 nitrogen and oxygen atoms in total.